The molecule has 0 aromatic heterocycles. The Morgan fingerprint density at radius 2 is 0.833 bits per heavy atom. The predicted octanol–water partition coefficient (Wildman–Crippen LogP) is 12.3. The second-order valence-corrected chi connectivity index (χ2v) is 18.7. The summed E-state index contributed by atoms with van der Waals surface area (Å²) in [6, 6.07) is 0. The normalized spacial score (nSPS) is 12.8. The Morgan fingerprint density at radius 1 is 0.439 bits per heavy atom. The first-order chi connectivity index (χ1) is 32.2. The van der Waals surface area contributed by atoms with Gasteiger partial charge in [-0.15, -0.1) is 0 Å². The van der Waals surface area contributed by atoms with Crippen molar-refractivity contribution >= 4 is 23.9 Å². The number of carbonyl (C=O) groups is 4. The number of aliphatic hydroxyl groups excluding tert-OH is 1. The van der Waals surface area contributed by atoms with Crippen LogP contribution in [0.5, 0.6) is 0 Å². The monoisotopic (exact) mass is 942 g/mol. The number of likely N-dealkylation sites (N-methyl/N-ethyl adjacent to an activating group) is 1. The minimum Gasteiger partial charge on any atom is -0.465 e. The zero-order chi connectivity index (χ0) is 48.6. The summed E-state index contributed by atoms with van der Waals surface area (Å²) >= 11 is 0. The summed E-state index contributed by atoms with van der Waals surface area (Å²) in [5, 5.41) is 8.87. The van der Waals surface area contributed by atoms with Crippen molar-refractivity contribution in [2.24, 2.45) is 11.8 Å². The summed E-state index contributed by atoms with van der Waals surface area (Å²) in [5.74, 6) is -0.888. The molecule has 0 bridgehead atoms. The van der Waals surface area contributed by atoms with E-state index < -0.39 is 6.10 Å². The average molecular weight is 942 g/mol. The van der Waals surface area contributed by atoms with E-state index in [9.17, 15) is 19.2 Å². The highest BCUT2D eigenvalue weighted by molar-refractivity contribution is 5.73. The minimum atomic E-state index is -0.646. The van der Waals surface area contributed by atoms with Crippen molar-refractivity contribution in [3.05, 3.63) is 0 Å². The summed E-state index contributed by atoms with van der Waals surface area (Å²) < 4.78 is 33.8. The molecule has 0 amide bonds. The fourth-order valence-electron chi connectivity index (χ4n) is 8.09. The number of aliphatic hydroxyl groups is 1. The highest BCUT2D eigenvalue weighted by atomic mass is 16.6. The molecule has 0 aliphatic heterocycles. The van der Waals surface area contributed by atoms with E-state index in [1.807, 2.05) is 11.9 Å². The molecule has 0 aromatic rings. The Labute approximate surface area is 404 Å². The molecule has 390 valence electrons. The molecule has 0 saturated heterocycles. The smallest absolute Gasteiger partial charge is 0.308 e. The second kappa shape index (κ2) is 49.2. The van der Waals surface area contributed by atoms with Gasteiger partial charge in [0.25, 0.3) is 0 Å². The molecular formula is C54H103NO11. The van der Waals surface area contributed by atoms with Crippen molar-refractivity contribution in [1.29, 1.82) is 0 Å². The molecule has 0 spiro atoms. The largest absolute Gasteiger partial charge is 0.465 e. The lowest BCUT2D eigenvalue weighted by Crippen LogP contribution is -2.38. The van der Waals surface area contributed by atoms with E-state index in [2.05, 4.69) is 27.7 Å². The van der Waals surface area contributed by atoms with Gasteiger partial charge in [0.1, 0.15) is 12.7 Å². The van der Waals surface area contributed by atoms with Gasteiger partial charge < -0.3 is 38.4 Å². The highest BCUT2D eigenvalue weighted by Gasteiger charge is 2.22. The molecule has 0 heterocycles. The van der Waals surface area contributed by atoms with Crippen LogP contribution in [0.3, 0.4) is 0 Å². The van der Waals surface area contributed by atoms with Gasteiger partial charge in [-0.1, -0.05) is 156 Å². The third-order valence-electron chi connectivity index (χ3n) is 12.3. The average Bonchev–Trinajstić information content (AvgIpc) is 3.30. The maximum Gasteiger partial charge on any atom is 0.308 e. The van der Waals surface area contributed by atoms with Crippen LogP contribution in [0.2, 0.25) is 0 Å². The molecule has 0 fully saturated rings. The molecule has 0 aliphatic rings. The van der Waals surface area contributed by atoms with Gasteiger partial charge in [-0.05, 0) is 71.3 Å². The molecule has 12 nitrogen and oxygen atoms in total. The van der Waals surface area contributed by atoms with Gasteiger partial charge in [0.15, 0.2) is 0 Å². The molecule has 1 N–H and O–H groups in total. The van der Waals surface area contributed by atoms with E-state index in [-0.39, 0.29) is 68.4 Å². The second-order valence-electron chi connectivity index (χ2n) is 18.7. The molecule has 12 heteroatoms. The number of nitrogens with zero attached hydrogens (tertiary/aromatic N) is 1. The molecule has 0 radical (unpaired) electrons. The number of rotatable bonds is 51. The fourth-order valence-corrected chi connectivity index (χ4v) is 8.09. The summed E-state index contributed by atoms with van der Waals surface area (Å²) in [6.45, 7) is 11.9. The van der Waals surface area contributed by atoms with Gasteiger partial charge in [-0.2, -0.15) is 0 Å². The summed E-state index contributed by atoms with van der Waals surface area (Å²) in [6.07, 6.45) is 31.2. The molecule has 3 unspecified atom stereocenters. The highest BCUT2D eigenvalue weighted by Crippen LogP contribution is 2.22. The van der Waals surface area contributed by atoms with E-state index in [0.717, 1.165) is 77.0 Å². The maximum atomic E-state index is 13.0. The Kier molecular flexibility index (Phi) is 47.5. The van der Waals surface area contributed by atoms with Gasteiger partial charge in [-0.3, -0.25) is 19.2 Å². The minimum absolute atomic E-state index is 0.0210. The van der Waals surface area contributed by atoms with Crippen molar-refractivity contribution in [2.45, 2.75) is 239 Å². The zero-order valence-corrected chi connectivity index (χ0v) is 43.4. The van der Waals surface area contributed by atoms with Crippen molar-refractivity contribution in [1.82, 2.24) is 4.90 Å². The molecule has 66 heavy (non-hydrogen) atoms. The standard InChI is InChI=1S/C54H103NO11/c1-6-10-14-18-20-26-34-48(32-24-16-12-8-3)53(59)63-40-30-22-28-36-51(57)65-47-50(46-55(5)38-42-61-44-45-62-43-39-56)66-52(58)37-29-23-31-41-64-54(60)49(33-25-17-13-9-4)35-27-21-19-15-11-7-2/h48-50,56H,6-47H2,1-5H3. The number of unbranched alkanes of at least 4 members (excludes halogenated alkanes) is 20. The molecule has 3 atom stereocenters. The fraction of sp³-hybridized carbons (Fsp3) is 0.926. The van der Waals surface area contributed by atoms with E-state index in [4.69, 9.17) is 33.5 Å². The number of carbonyl (C=O) groups excluding carboxylic acids is 4. The zero-order valence-electron chi connectivity index (χ0n) is 43.4. The molecule has 0 saturated carbocycles. The Bertz CT molecular complexity index is 1110. The number of ether oxygens (including phenoxy) is 6. The van der Waals surface area contributed by atoms with Crippen LogP contribution in [0.4, 0.5) is 0 Å². The summed E-state index contributed by atoms with van der Waals surface area (Å²) in [7, 11) is 1.90. The maximum absolute atomic E-state index is 13.0. The first-order valence-electron chi connectivity index (χ1n) is 27.3. The van der Waals surface area contributed by atoms with Crippen LogP contribution in [0.15, 0.2) is 0 Å². The molecule has 0 rings (SSSR count). The lowest BCUT2D eigenvalue weighted by molar-refractivity contribution is -0.160. The van der Waals surface area contributed by atoms with Crippen LogP contribution < -0.4 is 0 Å². The molecular weight excluding hydrogens is 839 g/mol. The van der Waals surface area contributed by atoms with E-state index in [1.165, 1.54) is 89.9 Å². The number of esters is 4. The van der Waals surface area contributed by atoms with Gasteiger partial charge in [0.2, 0.25) is 0 Å². The van der Waals surface area contributed by atoms with Crippen LogP contribution >= 0.6 is 0 Å². The first kappa shape index (κ1) is 63.7. The van der Waals surface area contributed by atoms with E-state index in [1.54, 1.807) is 0 Å². The quantitative estimate of drug-likeness (QED) is 0.0352. The van der Waals surface area contributed by atoms with Crippen LogP contribution in [-0.4, -0.2) is 113 Å². The van der Waals surface area contributed by atoms with Crippen molar-refractivity contribution in [3.63, 3.8) is 0 Å². The van der Waals surface area contributed by atoms with Gasteiger partial charge >= 0.3 is 23.9 Å². The lowest BCUT2D eigenvalue weighted by atomic mass is 9.94. The lowest BCUT2D eigenvalue weighted by Gasteiger charge is -2.24. The van der Waals surface area contributed by atoms with Crippen molar-refractivity contribution in [2.75, 3.05) is 73.0 Å². The molecule has 0 aromatic carbocycles. The Hall–Kier alpha value is -2.28. The SMILES string of the molecule is CCCCCCCCC(CCCCCC)C(=O)OCCCCCC(=O)OCC(CN(C)CCOCCOCCO)OC(=O)CCCCCOC(=O)C(CCCCCC)CCCCCCCC. The third kappa shape index (κ3) is 41.9. The Balaban J connectivity index is 4.86. The third-order valence-corrected chi connectivity index (χ3v) is 12.3. The van der Waals surface area contributed by atoms with Crippen LogP contribution in [0.25, 0.3) is 0 Å². The summed E-state index contributed by atoms with van der Waals surface area (Å²) in [4.78, 5) is 53.8. The van der Waals surface area contributed by atoms with Crippen LogP contribution in [0, 0.1) is 11.8 Å². The van der Waals surface area contributed by atoms with Gasteiger partial charge in [0.05, 0.1) is 58.1 Å². The number of hydrogen-bond acceptors (Lipinski definition) is 12. The van der Waals surface area contributed by atoms with Crippen LogP contribution in [-0.2, 0) is 47.6 Å². The molecule has 0 aliphatic carbocycles. The van der Waals surface area contributed by atoms with Gasteiger partial charge in [0, 0.05) is 25.9 Å². The number of hydrogen-bond donors (Lipinski definition) is 1. The first-order valence-corrected chi connectivity index (χ1v) is 27.3. The van der Waals surface area contributed by atoms with E-state index >= 15 is 0 Å². The van der Waals surface area contributed by atoms with Crippen molar-refractivity contribution < 1.29 is 52.7 Å². The van der Waals surface area contributed by atoms with Gasteiger partial charge in [-0.25, -0.2) is 0 Å². The Morgan fingerprint density at radius 3 is 1.29 bits per heavy atom. The van der Waals surface area contributed by atoms with Crippen LogP contribution in [0.1, 0.15) is 233 Å². The summed E-state index contributed by atoms with van der Waals surface area (Å²) in [5.41, 5.74) is 0. The predicted molar refractivity (Wildman–Crippen MR) is 266 cm³/mol. The van der Waals surface area contributed by atoms with Crippen molar-refractivity contribution in [3.8, 4) is 0 Å². The topological polar surface area (TPSA) is 147 Å². The van der Waals surface area contributed by atoms with E-state index in [0.29, 0.717) is 71.8 Å².